The SMILES string of the molecule is O=C(Oc1ccc(Oc2cccc(C(Cl)(Cl)Cl)c2)cc1)c1ccccc1. The predicted octanol–water partition coefficient (Wildman–Crippen LogP) is 6.52. The van der Waals surface area contributed by atoms with Crippen molar-refractivity contribution in [1.82, 2.24) is 0 Å². The van der Waals surface area contributed by atoms with Crippen molar-refractivity contribution >= 4 is 40.8 Å². The van der Waals surface area contributed by atoms with E-state index in [1.807, 2.05) is 6.07 Å². The Morgan fingerprint density at radius 2 is 1.38 bits per heavy atom. The Morgan fingerprint density at radius 1 is 0.731 bits per heavy atom. The molecule has 0 unspecified atom stereocenters. The Hall–Kier alpha value is -2.20. The highest BCUT2D eigenvalue weighted by Gasteiger charge is 2.23. The minimum absolute atomic E-state index is 0.418. The topological polar surface area (TPSA) is 35.5 Å². The molecular formula is C20H13Cl3O3. The third kappa shape index (κ3) is 4.92. The zero-order valence-corrected chi connectivity index (χ0v) is 15.6. The van der Waals surface area contributed by atoms with Crippen LogP contribution in [0.3, 0.4) is 0 Å². The monoisotopic (exact) mass is 406 g/mol. The number of carbonyl (C=O) groups excluding carboxylic acids is 1. The molecule has 0 spiro atoms. The molecule has 3 nitrogen and oxygen atoms in total. The zero-order valence-electron chi connectivity index (χ0n) is 13.4. The summed E-state index contributed by atoms with van der Waals surface area (Å²) in [6.07, 6.45) is 0. The smallest absolute Gasteiger partial charge is 0.343 e. The second kappa shape index (κ2) is 8.00. The summed E-state index contributed by atoms with van der Waals surface area (Å²) in [4.78, 5) is 12.0. The van der Waals surface area contributed by atoms with Crippen LogP contribution in [0.1, 0.15) is 15.9 Å². The number of hydrogen-bond acceptors (Lipinski definition) is 3. The van der Waals surface area contributed by atoms with E-state index in [4.69, 9.17) is 44.3 Å². The molecule has 0 saturated carbocycles. The van der Waals surface area contributed by atoms with E-state index in [9.17, 15) is 4.79 Å². The van der Waals surface area contributed by atoms with Crippen molar-refractivity contribution in [1.29, 1.82) is 0 Å². The third-order valence-corrected chi connectivity index (χ3v) is 4.10. The van der Waals surface area contributed by atoms with Gasteiger partial charge in [0.1, 0.15) is 17.2 Å². The summed E-state index contributed by atoms with van der Waals surface area (Å²) < 4.78 is 9.55. The average Bonchev–Trinajstić information content (AvgIpc) is 2.63. The van der Waals surface area contributed by atoms with E-state index in [0.717, 1.165) is 0 Å². The molecule has 0 radical (unpaired) electrons. The van der Waals surface area contributed by atoms with E-state index < -0.39 is 9.76 Å². The molecule has 0 atom stereocenters. The number of ether oxygens (including phenoxy) is 2. The van der Waals surface area contributed by atoms with Gasteiger partial charge in [0.15, 0.2) is 0 Å². The molecule has 0 saturated heterocycles. The van der Waals surface area contributed by atoms with Crippen LogP contribution in [0.4, 0.5) is 0 Å². The Bertz CT molecular complexity index is 888. The van der Waals surface area contributed by atoms with E-state index in [-0.39, 0.29) is 0 Å². The molecule has 0 heterocycles. The van der Waals surface area contributed by atoms with Crippen molar-refractivity contribution in [3.63, 3.8) is 0 Å². The van der Waals surface area contributed by atoms with E-state index >= 15 is 0 Å². The number of halogens is 3. The molecule has 0 bridgehead atoms. The maximum atomic E-state index is 12.0. The summed E-state index contributed by atoms with van der Waals surface area (Å²) in [6, 6.07) is 22.3. The van der Waals surface area contributed by atoms with E-state index in [1.165, 1.54) is 0 Å². The van der Waals surface area contributed by atoms with Gasteiger partial charge in [-0.1, -0.05) is 65.1 Å². The van der Waals surface area contributed by atoms with E-state index in [1.54, 1.807) is 72.8 Å². The number of carbonyl (C=O) groups is 1. The second-order valence-corrected chi connectivity index (χ2v) is 7.64. The molecular weight excluding hydrogens is 395 g/mol. The van der Waals surface area contributed by atoms with Gasteiger partial charge in [0.05, 0.1) is 5.56 Å². The minimum atomic E-state index is -1.52. The maximum absolute atomic E-state index is 12.0. The quantitative estimate of drug-likeness (QED) is 0.280. The fourth-order valence-electron chi connectivity index (χ4n) is 2.19. The summed E-state index contributed by atoms with van der Waals surface area (Å²) in [7, 11) is 0. The summed E-state index contributed by atoms with van der Waals surface area (Å²) in [5.41, 5.74) is 0.991. The van der Waals surface area contributed by atoms with Crippen LogP contribution >= 0.6 is 34.8 Å². The van der Waals surface area contributed by atoms with Crippen LogP contribution in [-0.4, -0.2) is 5.97 Å². The molecule has 26 heavy (non-hydrogen) atoms. The number of hydrogen-bond donors (Lipinski definition) is 0. The molecule has 3 aromatic rings. The Kier molecular flexibility index (Phi) is 5.72. The van der Waals surface area contributed by atoms with Crippen LogP contribution in [-0.2, 0) is 3.79 Å². The first kappa shape index (κ1) is 18.6. The van der Waals surface area contributed by atoms with Gasteiger partial charge in [-0.15, -0.1) is 0 Å². The van der Waals surface area contributed by atoms with Gasteiger partial charge >= 0.3 is 5.97 Å². The third-order valence-electron chi connectivity index (χ3n) is 3.44. The molecule has 0 aliphatic heterocycles. The summed E-state index contributed by atoms with van der Waals surface area (Å²) in [5, 5.41) is 0. The number of alkyl halides is 3. The molecule has 3 rings (SSSR count). The molecule has 0 aliphatic rings. The Labute approximate surface area is 166 Å². The largest absolute Gasteiger partial charge is 0.457 e. The van der Waals surface area contributed by atoms with Crippen LogP contribution < -0.4 is 9.47 Å². The lowest BCUT2D eigenvalue weighted by atomic mass is 10.2. The van der Waals surface area contributed by atoms with Crippen molar-refractivity contribution in [2.24, 2.45) is 0 Å². The highest BCUT2D eigenvalue weighted by atomic mass is 35.6. The van der Waals surface area contributed by atoms with Gasteiger partial charge in [0.2, 0.25) is 3.79 Å². The standard InChI is InChI=1S/C20H13Cl3O3/c21-20(22,23)15-7-4-8-18(13-15)25-16-9-11-17(12-10-16)26-19(24)14-5-2-1-3-6-14/h1-13H. The zero-order chi connectivity index (χ0) is 18.6. The van der Waals surface area contributed by atoms with Gasteiger partial charge in [-0.2, -0.15) is 0 Å². The minimum Gasteiger partial charge on any atom is -0.457 e. The highest BCUT2D eigenvalue weighted by Crippen LogP contribution is 2.39. The van der Waals surface area contributed by atoms with Crippen molar-refractivity contribution < 1.29 is 14.3 Å². The van der Waals surface area contributed by atoms with Crippen LogP contribution in [0.2, 0.25) is 0 Å². The lowest BCUT2D eigenvalue weighted by Crippen LogP contribution is -2.07. The molecule has 0 aromatic heterocycles. The molecule has 0 amide bonds. The van der Waals surface area contributed by atoms with E-state index in [2.05, 4.69) is 0 Å². The number of esters is 1. The van der Waals surface area contributed by atoms with Gasteiger partial charge in [0, 0.05) is 5.56 Å². The Balaban J connectivity index is 1.68. The fourth-order valence-corrected chi connectivity index (χ4v) is 2.54. The summed E-state index contributed by atoms with van der Waals surface area (Å²) >= 11 is 17.6. The molecule has 132 valence electrons. The van der Waals surface area contributed by atoms with Gasteiger partial charge in [-0.25, -0.2) is 4.79 Å². The second-order valence-electron chi connectivity index (χ2n) is 5.35. The van der Waals surface area contributed by atoms with Gasteiger partial charge in [-0.05, 0) is 48.5 Å². The first-order chi connectivity index (χ1) is 12.4. The first-order valence-corrected chi connectivity index (χ1v) is 8.77. The lowest BCUT2D eigenvalue weighted by molar-refractivity contribution is 0.0734. The maximum Gasteiger partial charge on any atom is 0.343 e. The molecule has 3 aromatic carbocycles. The van der Waals surface area contributed by atoms with Crippen molar-refractivity contribution in [2.75, 3.05) is 0 Å². The predicted molar refractivity (Wildman–Crippen MR) is 104 cm³/mol. The molecule has 6 heteroatoms. The van der Waals surface area contributed by atoms with Gasteiger partial charge < -0.3 is 9.47 Å². The van der Waals surface area contributed by atoms with Crippen LogP contribution in [0.15, 0.2) is 78.9 Å². The Morgan fingerprint density at radius 3 is 2.04 bits per heavy atom. The van der Waals surface area contributed by atoms with Crippen molar-refractivity contribution in [3.05, 3.63) is 90.0 Å². The normalized spacial score (nSPS) is 11.0. The number of rotatable bonds is 4. The van der Waals surface area contributed by atoms with E-state index in [0.29, 0.717) is 28.4 Å². The van der Waals surface area contributed by atoms with Crippen molar-refractivity contribution in [3.8, 4) is 17.2 Å². The van der Waals surface area contributed by atoms with Crippen LogP contribution in [0.5, 0.6) is 17.2 Å². The molecule has 0 aliphatic carbocycles. The molecule has 0 N–H and O–H groups in total. The fraction of sp³-hybridized carbons (Fsp3) is 0.0500. The lowest BCUT2D eigenvalue weighted by Gasteiger charge is -2.13. The van der Waals surface area contributed by atoms with Crippen LogP contribution in [0.25, 0.3) is 0 Å². The van der Waals surface area contributed by atoms with Crippen LogP contribution in [0, 0.1) is 0 Å². The van der Waals surface area contributed by atoms with Gasteiger partial charge in [0.25, 0.3) is 0 Å². The average molecular weight is 408 g/mol. The first-order valence-electron chi connectivity index (χ1n) is 7.64. The summed E-state index contributed by atoms with van der Waals surface area (Å²) in [6.45, 7) is 0. The van der Waals surface area contributed by atoms with Gasteiger partial charge in [-0.3, -0.25) is 0 Å². The molecule has 0 fully saturated rings. The summed E-state index contributed by atoms with van der Waals surface area (Å²) in [5.74, 6) is 1.09. The highest BCUT2D eigenvalue weighted by molar-refractivity contribution is 6.66. The number of benzene rings is 3. The van der Waals surface area contributed by atoms with Crippen molar-refractivity contribution in [2.45, 2.75) is 3.79 Å².